The summed E-state index contributed by atoms with van der Waals surface area (Å²) in [4.78, 5) is 14.5. The molecular formula is C17H24N2O2. The first-order valence-electron chi connectivity index (χ1n) is 8.09. The van der Waals surface area contributed by atoms with Crippen LogP contribution < -0.4 is 5.32 Å². The van der Waals surface area contributed by atoms with Crippen molar-refractivity contribution in [3.05, 3.63) is 29.3 Å². The monoisotopic (exact) mass is 288 g/mol. The van der Waals surface area contributed by atoms with Crippen LogP contribution >= 0.6 is 0 Å². The summed E-state index contributed by atoms with van der Waals surface area (Å²) in [6.07, 6.45) is 7.25. The number of aliphatic hydroxyl groups excluding tert-OH is 1. The van der Waals surface area contributed by atoms with Crippen LogP contribution in [0.15, 0.2) is 18.2 Å². The van der Waals surface area contributed by atoms with Crippen LogP contribution in [-0.4, -0.2) is 35.2 Å². The van der Waals surface area contributed by atoms with Crippen molar-refractivity contribution in [3.63, 3.8) is 0 Å². The molecule has 0 radical (unpaired) electrons. The van der Waals surface area contributed by atoms with E-state index in [1.54, 1.807) is 0 Å². The third-order valence-electron chi connectivity index (χ3n) is 4.74. The second kappa shape index (κ2) is 6.48. The van der Waals surface area contributed by atoms with Gasteiger partial charge in [0.25, 0.3) is 0 Å². The predicted octanol–water partition coefficient (Wildman–Crippen LogP) is 2.94. The molecule has 1 aromatic rings. The van der Waals surface area contributed by atoms with Crippen LogP contribution in [0.4, 0.5) is 10.5 Å². The van der Waals surface area contributed by atoms with Crippen LogP contribution in [0.2, 0.25) is 0 Å². The number of aryl methyl sites for hydroxylation is 1. The highest BCUT2D eigenvalue weighted by Crippen LogP contribution is 2.29. The van der Waals surface area contributed by atoms with E-state index in [0.717, 1.165) is 44.3 Å². The fourth-order valence-corrected chi connectivity index (χ4v) is 3.64. The molecule has 0 spiro atoms. The first-order valence-corrected chi connectivity index (χ1v) is 8.09. The molecule has 1 unspecified atom stereocenters. The van der Waals surface area contributed by atoms with Gasteiger partial charge in [-0.3, -0.25) is 0 Å². The highest BCUT2D eigenvalue weighted by molar-refractivity contribution is 5.90. The molecule has 1 fully saturated rings. The van der Waals surface area contributed by atoms with Gasteiger partial charge in [-0.05, 0) is 62.1 Å². The molecule has 3 rings (SSSR count). The van der Waals surface area contributed by atoms with Gasteiger partial charge in [-0.2, -0.15) is 0 Å². The predicted molar refractivity (Wildman–Crippen MR) is 83.5 cm³/mol. The highest BCUT2D eigenvalue weighted by atomic mass is 16.3. The summed E-state index contributed by atoms with van der Waals surface area (Å²) in [5.74, 6) is 0. The second-order valence-corrected chi connectivity index (χ2v) is 6.08. The minimum atomic E-state index is -0.00606. The Balaban J connectivity index is 1.72. The maximum absolute atomic E-state index is 12.6. The molecule has 0 saturated carbocycles. The van der Waals surface area contributed by atoms with Gasteiger partial charge in [0, 0.05) is 24.9 Å². The van der Waals surface area contributed by atoms with Gasteiger partial charge in [-0.1, -0.05) is 12.1 Å². The minimum Gasteiger partial charge on any atom is -0.396 e. The maximum Gasteiger partial charge on any atom is 0.322 e. The van der Waals surface area contributed by atoms with Crippen molar-refractivity contribution in [3.8, 4) is 0 Å². The lowest BCUT2D eigenvalue weighted by Gasteiger charge is -2.35. The van der Waals surface area contributed by atoms with Crippen LogP contribution in [0, 0.1) is 0 Å². The molecule has 1 aliphatic heterocycles. The van der Waals surface area contributed by atoms with Gasteiger partial charge in [-0.15, -0.1) is 0 Å². The summed E-state index contributed by atoms with van der Waals surface area (Å²) in [5, 5.41) is 12.3. The summed E-state index contributed by atoms with van der Waals surface area (Å²) < 4.78 is 0. The standard InChI is InChI=1S/C17H24N2O2/c20-12-10-14-7-1-2-11-19(14)17(21)18-16-9-4-6-13-5-3-8-15(13)16/h4,6,9,14,20H,1-3,5,7-8,10-12H2,(H,18,21). The fourth-order valence-electron chi connectivity index (χ4n) is 3.64. The molecule has 114 valence electrons. The molecular weight excluding hydrogens is 264 g/mol. The van der Waals surface area contributed by atoms with Crippen molar-refractivity contribution < 1.29 is 9.90 Å². The van der Waals surface area contributed by atoms with Crippen LogP contribution in [0.1, 0.15) is 43.2 Å². The van der Waals surface area contributed by atoms with E-state index in [2.05, 4.69) is 11.4 Å². The van der Waals surface area contributed by atoms with Crippen LogP contribution in [0.3, 0.4) is 0 Å². The van der Waals surface area contributed by atoms with Crippen molar-refractivity contribution in [2.45, 2.75) is 51.0 Å². The molecule has 1 saturated heterocycles. The molecule has 0 bridgehead atoms. The van der Waals surface area contributed by atoms with Crippen molar-refractivity contribution in [1.29, 1.82) is 0 Å². The number of piperidine rings is 1. The Bertz CT molecular complexity index is 514. The molecule has 4 heteroatoms. The second-order valence-electron chi connectivity index (χ2n) is 6.08. The van der Waals surface area contributed by atoms with Crippen LogP contribution in [0.25, 0.3) is 0 Å². The van der Waals surface area contributed by atoms with Gasteiger partial charge in [0.05, 0.1) is 0 Å². The Labute approximate surface area is 126 Å². The Hall–Kier alpha value is -1.55. The number of aliphatic hydroxyl groups is 1. The SMILES string of the molecule is O=C(Nc1cccc2c1CCC2)N1CCCCC1CCO. The summed E-state index contributed by atoms with van der Waals surface area (Å²) in [6, 6.07) is 6.37. The zero-order chi connectivity index (χ0) is 14.7. The molecule has 1 aromatic carbocycles. The number of likely N-dealkylation sites (tertiary alicyclic amines) is 1. The Morgan fingerprint density at radius 2 is 2.19 bits per heavy atom. The quantitative estimate of drug-likeness (QED) is 0.898. The molecule has 21 heavy (non-hydrogen) atoms. The van der Waals surface area contributed by atoms with E-state index in [0.29, 0.717) is 6.42 Å². The number of anilines is 1. The van der Waals surface area contributed by atoms with E-state index in [4.69, 9.17) is 0 Å². The molecule has 2 N–H and O–H groups in total. The van der Waals surface area contributed by atoms with Gasteiger partial charge in [0.1, 0.15) is 0 Å². The van der Waals surface area contributed by atoms with Crippen LogP contribution in [0.5, 0.6) is 0 Å². The third kappa shape index (κ3) is 3.05. The number of amides is 2. The van der Waals surface area contributed by atoms with E-state index in [1.807, 2.05) is 17.0 Å². The molecule has 2 aliphatic rings. The Morgan fingerprint density at radius 1 is 1.29 bits per heavy atom. The smallest absolute Gasteiger partial charge is 0.322 e. The van der Waals surface area contributed by atoms with E-state index in [1.165, 1.54) is 17.5 Å². The first kappa shape index (κ1) is 14.4. The topological polar surface area (TPSA) is 52.6 Å². The zero-order valence-electron chi connectivity index (χ0n) is 12.5. The molecule has 1 atom stereocenters. The van der Waals surface area contributed by atoms with Crippen LogP contribution in [-0.2, 0) is 12.8 Å². The Morgan fingerprint density at radius 3 is 3.05 bits per heavy atom. The third-order valence-corrected chi connectivity index (χ3v) is 4.74. The summed E-state index contributed by atoms with van der Waals surface area (Å²) in [5.41, 5.74) is 3.66. The van der Waals surface area contributed by atoms with Gasteiger partial charge in [-0.25, -0.2) is 4.79 Å². The number of nitrogens with zero attached hydrogens (tertiary/aromatic N) is 1. The van der Waals surface area contributed by atoms with Gasteiger partial charge in [0.2, 0.25) is 0 Å². The largest absolute Gasteiger partial charge is 0.396 e. The average Bonchev–Trinajstić information content (AvgIpc) is 2.98. The lowest BCUT2D eigenvalue weighted by atomic mass is 10.00. The van der Waals surface area contributed by atoms with Gasteiger partial charge >= 0.3 is 6.03 Å². The van der Waals surface area contributed by atoms with Crippen molar-refractivity contribution in [1.82, 2.24) is 4.90 Å². The average molecular weight is 288 g/mol. The number of carbonyl (C=O) groups excluding carboxylic acids is 1. The molecule has 1 aliphatic carbocycles. The number of benzene rings is 1. The number of hydrogen-bond donors (Lipinski definition) is 2. The number of hydrogen-bond acceptors (Lipinski definition) is 2. The lowest BCUT2D eigenvalue weighted by molar-refractivity contribution is 0.141. The van der Waals surface area contributed by atoms with Crippen molar-refractivity contribution in [2.75, 3.05) is 18.5 Å². The highest BCUT2D eigenvalue weighted by Gasteiger charge is 2.27. The van der Waals surface area contributed by atoms with Crippen molar-refractivity contribution >= 4 is 11.7 Å². The van der Waals surface area contributed by atoms with E-state index < -0.39 is 0 Å². The molecule has 1 heterocycles. The molecule has 4 nitrogen and oxygen atoms in total. The number of carbonyl (C=O) groups is 1. The summed E-state index contributed by atoms with van der Waals surface area (Å²) in [7, 11) is 0. The minimum absolute atomic E-state index is 0.00606. The van der Waals surface area contributed by atoms with Gasteiger partial charge < -0.3 is 15.3 Å². The number of urea groups is 1. The fraction of sp³-hybridized carbons (Fsp3) is 0.588. The lowest BCUT2D eigenvalue weighted by Crippen LogP contribution is -2.46. The van der Waals surface area contributed by atoms with Gasteiger partial charge in [0.15, 0.2) is 0 Å². The first-order chi connectivity index (χ1) is 10.3. The summed E-state index contributed by atoms with van der Waals surface area (Å²) >= 11 is 0. The van der Waals surface area contributed by atoms with E-state index >= 15 is 0 Å². The van der Waals surface area contributed by atoms with E-state index in [9.17, 15) is 9.90 Å². The Kier molecular flexibility index (Phi) is 4.44. The van der Waals surface area contributed by atoms with Crippen molar-refractivity contribution in [2.24, 2.45) is 0 Å². The molecule has 0 aromatic heterocycles. The zero-order valence-corrected chi connectivity index (χ0v) is 12.5. The number of nitrogens with one attached hydrogen (secondary N) is 1. The normalized spacial score (nSPS) is 21.2. The number of rotatable bonds is 3. The van der Waals surface area contributed by atoms with E-state index in [-0.39, 0.29) is 18.7 Å². The number of fused-ring (bicyclic) bond motifs is 1. The maximum atomic E-state index is 12.6. The summed E-state index contributed by atoms with van der Waals surface area (Å²) in [6.45, 7) is 0.945. The molecule has 2 amide bonds.